The molecule has 0 aliphatic rings. The Balaban J connectivity index is 1.60. The first-order chi connectivity index (χ1) is 13.1. The number of aryl methyl sites for hydroxylation is 1. The standard InChI is InChI=1S/C21H23N3O2S/c1-4-15(3)17-7-5-6-8-18(17)22-19(25)13-27-21-24-23-20(26-21)16-11-9-14(2)10-12-16/h5-12,15H,4,13H2,1-3H3,(H,22,25)/t15-/m0/s1. The van der Waals surface area contributed by atoms with E-state index in [0.29, 0.717) is 17.0 Å². The van der Waals surface area contributed by atoms with Crippen molar-refractivity contribution in [3.8, 4) is 11.5 Å². The average Bonchev–Trinajstić information content (AvgIpc) is 3.16. The van der Waals surface area contributed by atoms with Crippen LogP contribution in [-0.4, -0.2) is 21.9 Å². The number of carbonyl (C=O) groups is 1. The van der Waals surface area contributed by atoms with Crippen LogP contribution in [0, 0.1) is 6.92 Å². The molecule has 0 radical (unpaired) electrons. The fraction of sp³-hybridized carbons (Fsp3) is 0.286. The monoisotopic (exact) mass is 381 g/mol. The van der Waals surface area contributed by atoms with E-state index < -0.39 is 0 Å². The number of carbonyl (C=O) groups excluding carboxylic acids is 1. The highest BCUT2D eigenvalue weighted by Gasteiger charge is 2.14. The lowest BCUT2D eigenvalue weighted by molar-refractivity contribution is -0.113. The number of thioether (sulfide) groups is 1. The molecule has 1 aromatic heterocycles. The lowest BCUT2D eigenvalue weighted by atomic mass is 9.97. The first-order valence-electron chi connectivity index (χ1n) is 8.99. The van der Waals surface area contributed by atoms with Crippen LogP contribution in [0.3, 0.4) is 0 Å². The number of hydrogen-bond donors (Lipinski definition) is 1. The van der Waals surface area contributed by atoms with Gasteiger partial charge in [-0.25, -0.2) is 0 Å². The zero-order valence-electron chi connectivity index (χ0n) is 15.7. The third-order valence-electron chi connectivity index (χ3n) is 4.41. The van der Waals surface area contributed by atoms with Crippen LogP contribution < -0.4 is 5.32 Å². The maximum Gasteiger partial charge on any atom is 0.277 e. The summed E-state index contributed by atoms with van der Waals surface area (Å²) >= 11 is 1.23. The highest BCUT2D eigenvalue weighted by atomic mass is 32.2. The second-order valence-corrected chi connectivity index (χ2v) is 7.40. The van der Waals surface area contributed by atoms with Gasteiger partial charge in [0, 0.05) is 11.3 Å². The quantitative estimate of drug-likeness (QED) is 0.563. The Kier molecular flexibility index (Phi) is 6.29. The van der Waals surface area contributed by atoms with Crippen LogP contribution in [-0.2, 0) is 4.79 Å². The minimum absolute atomic E-state index is 0.0918. The molecule has 2 aromatic carbocycles. The molecule has 3 aromatic rings. The molecule has 1 N–H and O–H groups in total. The molecular weight excluding hydrogens is 358 g/mol. The van der Waals surface area contributed by atoms with Gasteiger partial charge in [0.25, 0.3) is 5.22 Å². The zero-order chi connectivity index (χ0) is 19.2. The molecule has 6 heteroatoms. The first kappa shape index (κ1) is 19.2. The topological polar surface area (TPSA) is 68.0 Å². The predicted octanol–water partition coefficient (Wildman–Crippen LogP) is 5.29. The Morgan fingerprint density at radius 3 is 2.63 bits per heavy atom. The molecule has 27 heavy (non-hydrogen) atoms. The van der Waals surface area contributed by atoms with Crippen LogP contribution in [0.15, 0.2) is 58.2 Å². The number of aromatic nitrogens is 2. The summed E-state index contributed by atoms with van der Waals surface area (Å²) in [6.45, 7) is 6.32. The summed E-state index contributed by atoms with van der Waals surface area (Å²) in [6, 6.07) is 15.8. The molecule has 0 spiro atoms. The third kappa shape index (κ3) is 4.98. The molecule has 3 rings (SSSR count). The number of amides is 1. The van der Waals surface area contributed by atoms with Crippen molar-refractivity contribution in [2.45, 2.75) is 38.3 Å². The number of hydrogen-bond acceptors (Lipinski definition) is 5. The fourth-order valence-electron chi connectivity index (χ4n) is 2.65. The largest absolute Gasteiger partial charge is 0.411 e. The van der Waals surface area contributed by atoms with E-state index in [9.17, 15) is 4.79 Å². The van der Waals surface area contributed by atoms with E-state index in [1.807, 2.05) is 49.4 Å². The SMILES string of the molecule is CC[C@H](C)c1ccccc1NC(=O)CSc1nnc(-c2ccc(C)cc2)o1. The summed E-state index contributed by atoms with van der Waals surface area (Å²) in [6.07, 6.45) is 1.02. The van der Waals surface area contributed by atoms with Gasteiger partial charge >= 0.3 is 0 Å². The van der Waals surface area contributed by atoms with E-state index in [1.165, 1.54) is 17.3 Å². The van der Waals surface area contributed by atoms with Crippen LogP contribution in [0.1, 0.15) is 37.3 Å². The molecule has 0 bridgehead atoms. The van der Waals surface area contributed by atoms with Gasteiger partial charge in [0.2, 0.25) is 11.8 Å². The van der Waals surface area contributed by atoms with Gasteiger partial charge in [-0.05, 0) is 43.0 Å². The van der Waals surface area contributed by atoms with Crippen LogP contribution in [0.2, 0.25) is 0 Å². The Morgan fingerprint density at radius 2 is 1.89 bits per heavy atom. The lowest BCUT2D eigenvalue weighted by Crippen LogP contribution is -2.15. The smallest absolute Gasteiger partial charge is 0.277 e. The van der Waals surface area contributed by atoms with Gasteiger partial charge in [0.1, 0.15) is 0 Å². The van der Waals surface area contributed by atoms with Crippen LogP contribution in [0.5, 0.6) is 0 Å². The maximum absolute atomic E-state index is 12.3. The fourth-order valence-corrected chi connectivity index (χ4v) is 3.22. The van der Waals surface area contributed by atoms with Crippen LogP contribution in [0.25, 0.3) is 11.5 Å². The average molecular weight is 382 g/mol. The van der Waals surface area contributed by atoms with Gasteiger partial charge in [-0.2, -0.15) is 0 Å². The van der Waals surface area contributed by atoms with Crippen LogP contribution in [0.4, 0.5) is 5.69 Å². The van der Waals surface area contributed by atoms with Crippen molar-refractivity contribution < 1.29 is 9.21 Å². The van der Waals surface area contributed by atoms with Crippen molar-refractivity contribution in [3.63, 3.8) is 0 Å². The van der Waals surface area contributed by atoms with Gasteiger partial charge in [-0.15, -0.1) is 10.2 Å². The number of nitrogens with one attached hydrogen (secondary N) is 1. The molecule has 0 saturated carbocycles. The van der Waals surface area contributed by atoms with Crippen molar-refractivity contribution in [1.82, 2.24) is 10.2 Å². The second kappa shape index (κ2) is 8.86. The minimum atomic E-state index is -0.0918. The molecule has 1 atom stereocenters. The van der Waals surface area contributed by atoms with E-state index in [1.54, 1.807) is 0 Å². The normalized spacial score (nSPS) is 12.0. The second-order valence-electron chi connectivity index (χ2n) is 6.47. The Labute approximate surface area is 163 Å². The van der Waals surface area contributed by atoms with Crippen molar-refractivity contribution in [1.29, 1.82) is 0 Å². The van der Waals surface area contributed by atoms with Crippen molar-refractivity contribution >= 4 is 23.4 Å². The van der Waals surface area contributed by atoms with E-state index in [-0.39, 0.29) is 11.7 Å². The highest BCUT2D eigenvalue weighted by Crippen LogP contribution is 2.27. The summed E-state index contributed by atoms with van der Waals surface area (Å²) in [5.74, 6) is 0.970. The Bertz CT molecular complexity index is 906. The molecule has 1 amide bonds. The van der Waals surface area contributed by atoms with Gasteiger partial charge in [-0.3, -0.25) is 4.79 Å². The van der Waals surface area contributed by atoms with Crippen molar-refractivity contribution in [2.75, 3.05) is 11.1 Å². The molecule has 0 aliphatic carbocycles. The first-order valence-corrected chi connectivity index (χ1v) is 9.97. The van der Waals surface area contributed by atoms with Gasteiger partial charge in [-0.1, -0.05) is 61.5 Å². The Morgan fingerprint density at radius 1 is 1.15 bits per heavy atom. The summed E-state index contributed by atoms with van der Waals surface area (Å²) in [5, 5.41) is 11.5. The third-order valence-corrected chi connectivity index (χ3v) is 5.23. The number of anilines is 1. The molecule has 0 fully saturated rings. The van der Waals surface area contributed by atoms with E-state index in [4.69, 9.17) is 4.42 Å². The van der Waals surface area contributed by atoms with Gasteiger partial charge in [0.15, 0.2) is 0 Å². The molecule has 140 valence electrons. The predicted molar refractivity (Wildman–Crippen MR) is 109 cm³/mol. The minimum Gasteiger partial charge on any atom is -0.411 e. The number of nitrogens with zero attached hydrogens (tertiary/aromatic N) is 2. The van der Waals surface area contributed by atoms with E-state index >= 15 is 0 Å². The van der Waals surface area contributed by atoms with Crippen LogP contribution >= 0.6 is 11.8 Å². The van der Waals surface area contributed by atoms with Crippen molar-refractivity contribution in [3.05, 3.63) is 59.7 Å². The maximum atomic E-state index is 12.3. The van der Waals surface area contributed by atoms with Crippen molar-refractivity contribution in [2.24, 2.45) is 0 Å². The van der Waals surface area contributed by atoms with E-state index in [0.717, 1.165) is 23.2 Å². The highest BCUT2D eigenvalue weighted by molar-refractivity contribution is 7.99. The van der Waals surface area contributed by atoms with Gasteiger partial charge < -0.3 is 9.73 Å². The number of para-hydroxylation sites is 1. The zero-order valence-corrected chi connectivity index (χ0v) is 16.5. The lowest BCUT2D eigenvalue weighted by Gasteiger charge is -2.15. The summed E-state index contributed by atoms with van der Waals surface area (Å²) in [4.78, 5) is 12.3. The molecule has 0 saturated heterocycles. The molecular formula is C21H23N3O2S. The molecule has 5 nitrogen and oxygen atoms in total. The molecule has 1 heterocycles. The number of rotatable bonds is 7. The van der Waals surface area contributed by atoms with Gasteiger partial charge in [0.05, 0.1) is 5.75 Å². The molecule has 0 aliphatic heterocycles. The van der Waals surface area contributed by atoms with E-state index in [2.05, 4.69) is 35.4 Å². The number of benzene rings is 2. The Hall–Kier alpha value is -2.60. The molecule has 0 unspecified atom stereocenters. The summed E-state index contributed by atoms with van der Waals surface area (Å²) in [5.41, 5.74) is 4.05. The summed E-state index contributed by atoms with van der Waals surface area (Å²) < 4.78 is 5.65. The summed E-state index contributed by atoms with van der Waals surface area (Å²) in [7, 11) is 0.